The van der Waals surface area contributed by atoms with Crippen LogP contribution in [0.15, 0.2) is 48.1 Å². The summed E-state index contributed by atoms with van der Waals surface area (Å²) in [5.74, 6) is 0.869. The first-order chi connectivity index (χ1) is 10.9. The number of allylic oxidation sites excluding steroid dienone is 7. The highest BCUT2D eigenvalue weighted by Gasteiger charge is 2.26. The second kappa shape index (κ2) is 7.67. The molecule has 0 fully saturated rings. The zero-order chi connectivity index (χ0) is 16.9. The number of ether oxygens (including phenoxy) is 1. The van der Waals surface area contributed by atoms with Gasteiger partial charge in [-0.15, -0.1) is 0 Å². The summed E-state index contributed by atoms with van der Waals surface area (Å²) in [6, 6.07) is 0.118. The van der Waals surface area contributed by atoms with Gasteiger partial charge in [-0.3, -0.25) is 0 Å². The van der Waals surface area contributed by atoms with Crippen LogP contribution in [-0.4, -0.2) is 17.7 Å². The van der Waals surface area contributed by atoms with Crippen molar-refractivity contribution in [2.24, 2.45) is 11.8 Å². The zero-order valence-electron chi connectivity index (χ0n) is 14.7. The summed E-state index contributed by atoms with van der Waals surface area (Å²) in [6.45, 7) is 7.81. The predicted molar refractivity (Wildman–Crippen MR) is 95.2 cm³/mol. The summed E-state index contributed by atoms with van der Waals surface area (Å²) in [6.07, 6.45) is 17.8. The number of nitrogens with one attached hydrogen (secondary N) is 1. The Labute approximate surface area is 140 Å². The van der Waals surface area contributed by atoms with E-state index in [9.17, 15) is 4.79 Å². The van der Waals surface area contributed by atoms with Crippen LogP contribution in [0.4, 0.5) is 4.79 Å². The van der Waals surface area contributed by atoms with Crippen LogP contribution in [0.3, 0.4) is 0 Å². The minimum Gasteiger partial charge on any atom is -0.444 e. The van der Waals surface area contributed by atoms with Gasteiger partial charge in [-0.2, -0.15) is 0 Å². The Kier molecular flexibility index (Phi) is 5.86. The highest BCUT2D eigenvalue weighted by Crippen LogP contribution is 2.34. The Morgan fingerprint density at radius 2 is 1.91 bits per heavy atom. The van der Waals surface area contributed by atoms with Gasteiger partial charge >= 0.3 is 6.09 Å². The molecule has 0 aromatic carbocycles. The van der Waals surface area contributed by atoms with Crippen molar-refractivity contribution in [2.75, 3.05) is 0 Å². The smallest absolute Gasteiger partial charge is 0.407 e. The van der Waals surface area contributed by atoms with Crippen molar-refractivity contribution in [1.82, 2.24) is 5.32 Å². The van der Waals surface area contributed by atoms with Crippen molar-refractivity contribution in [3.63, 3.8) is 0 Å². The summed E-state index contributed by atoms with van der Waals surface area (Å²) < 4.78 is 5.40. The van der Waals surface area contributed by atoms with Crippen molar-refractivity contribution in [3.05, 3.63) is 48.1 Å². The first kappa shape index (κ1) is 17.6. The lowest BCUT2D eigenvalue weighted by Gasteiger charge is -2.30. The Bertz CT molecular complexity index is 534. The third-order valence-electron chi connectivity index (χ3n) is 4.09. The number of amides is 1. The van der Waals surface area contributed by atoms with E-state index in [2.05, 4.69) is 54.8 Å². The largest absolute Gasteiger partial charge is 0.444 e. The van der Waals surface area contributed by atoms with Gasteiger partial charge in [-0.1, -0.05) is 61.4 Å². The Balaban J connectivity index is 2.00. The topological polar surface area (TPSA) is 38.3 Å². The zero-order valence-corrected chi connectivity index (χ0v) is 14.7. The molecule has 23 heavy (non-hydrogen) atoms. The maximum Gasteiger partial charge on any atom is 0.407 e. The first-order valence-electron chi connectivity index (χ1n) is 8.61. The SMILES string of the molecule is CCC[C@@H](CC1=CC=C[C@H]2C=CC=C[C@@H]12)NC(=O)OC(C)(C)C. The fourth-order valence-electron chi connectivity index (χ4n) is 3.13. The summed E-state index contributed by atoms with van der Waals surface area (Å²) in [4.78, 5) is 12.1. The molecule has 0 aliphatic heterocycles. The van der Waals surface area contributed by atoms with Gasteiger partial charge in [0.25, 0.3) is 0 Å². The van der Waals surface area contributed by atoms with Gasteiger partial charge in [0.1, 0.15) is 5.60 Å². The van der Waals surface area contributed by atoms with Gasteiger partial charge in [0.05, 0.1) is 0 Å². The molecule has 0 radical (unpaired) electrons. The highest BCUT2D eigenvalue weighted by atomic mass is 16.6. The van der Waals surface area contributed by atoms with Crippen LogP contribution in [0.2, 0.25) is 0 Å². The standard InChI is InChI=1S/C20H29NO2/c1-5-9-17(21-19(22)23-20(2,3)4)14-16-12-8-11-15-10-6-7-13-18(15)16/h6-8,10-13,15,17-18H,5,9,14H2,1-4H3,(H,21,22)/t15-,17+,18-/m1/s1. The summed E-state index contributed by atoms with van der Waals surface area (Å²) in [7, 11) is 0. The van der Waals surface area contributed by atoms with Gasteiger partial charge in [0, 0.05) is 17.9 Å². The fraction of sp³-hybridized carbons (Fsp3) is 0.550. The summed E-state index contributed by atoms with van der Waals surface area (Å²) in [5.41, 5.74) is 0.919. The van der Waals surface area contributed by atoms with Gasteiger partial charge in [0.2, 0.25) is 0 Å². The normalized spacial score (nSPS) is 23.9. The molecular formula is C20H29NO2. The van der Waals surface area contributed by atoms with E-state index in [1.807, 2.05) is 20.8 Å². The number of alkyl carbamates (subject to hydrolysis) is 1. The molecule has 3 atom stereocenters. The molecule has 0 saturated heterocycles. The quantitative estimate of drug-likeness (QED) is 0.781. The minimum atomic E-state index is -0.463. The lowest BCUT2D eigenvalue weighted by molar-refractivity contribution is 0.0501. The van der Waals surface area contributed by atoms with E-state index >= 15 is 0 Å². The molecule has 3 nitrogen and oxygen atoms in total. The summed E-state index contributed by atoms with van der Waals surface area (Å²) in [5, 5.41) is 3.05. The molecule has 0 spiro atoms. The fourth-order valence-corrected chi connectivity index (χ4v) is 3.13. The number of rotatable bonds is 5. The molecule has 0 aromatic heterocycles. The molecule has 3 heteroatoms. The lowest BCUT2D eigenvalue weighted by Crippen LogP contribution is -2.39. The van der Waals surface area contributed by atoms with Crippen LogP contribution in [-0.2, 0) is 4.74 Å². The average molecular weight is 315 g/mol. The van der Waals surface area contributed by atoms with E-state index < -0.39 is 5.60 Å². The minimum absolute atomic E-state index is 0.118. The van der Waals surface area contributed by atoms with Crippen LogP contribution in [0, 0.1) is 11.8 Å². The maximum atomic E-state index is 12.1. The number of carbonyl (C=O) groups is 1. The highest BCUT2D eigenvalue weighted by molar-refractivity contribution is 5.68. The Hall–Kier alpha value is -1.77. The van der Waals surface area contributed by atoms with E-state index in [4.69, 9.17) is 4.74 Å². The molecule has 0 aromatic rings. The molecule has 0 unspecified atom stereocenters. The Morgan fingerprint density at radius 1 is 1.22 bits per heavy atom. The van der Waals surface area contributed by atoms with Crippen molar-refractivity contribution in [3.8, 4) is 0 Å². The molecule has 0 saturated carbocycles. The van der Waals surface area contributed by atoms with Crippen LogP contribution in [0.5, 0.6) is 0 Å². The molecule has 0 bridgehead atoms. The molecule has 1 N–H and O–H groups in total. The van der Waals surface area contributed by atoms with Crippen LogP contribution < -0.4 is 5.32 Å². The number of fused-ring (bicyclic) bond motifs is 1. The monoisotopic (exact) mass is 315 g/mol. The third kappa shape index (κ3) is 5.42. The maximum absolute atomic E-state index is 12.1. The molecular weight excluding hydrogens is 286 g/mol. The average Bonchev–Trinajstić information content (AvgIpc) is 2.46. The van der Waals surface area contributed by atoms with E-state index in [0.717, 1.165) is 19.3 Å². The molecule has 2 aliphatic rings. The van der Waals surface area contributed by atoms with Gasteiger partial charge in [0.15, 0.2) is 0 Å². The van der Waals surface area contributed by atoms with Gasteiger partial charge < -0.3 is 10.1 Å². The number of hydrogen-bond donors (Lipinski definition) is 1. The van der Waals surface area contributed by atoms with Gasteiger partial charge in [-0.25, -0.2) is 4.79 Å². The molecule has 2 rings (SSSR count). The van der Waals surface area contributed by atoms with Crippen LogP contribution in [0.1, 0.15) is 47.0 Å². The van der Waals surface area contributed by atoms with E-state index in [1.54, 1.807) is 0 Å². The second-order valence-corrected chi connectivity index (χ2v) is 7.34. The van der Waals surface area contributed by atoms with Crippen LogP contribution >= 0.6 is 0 Å². The van der Waals surface area contributed by atoms with Crippen LogP contribution in [0.25, 0.3) is 0 Å². The Morgan fingerprint density at radius 3 is 2.61 bits per heavy atom. The summed E-state index contributed by atoms with van der Waals surface area (Å²) >= 11 is 0. The van der Waals surface area contributed by atoms with Gasteiger partial charge in [-0.05, 0) is 33.6 Å². The molecule has 1 amide bonds. The van der Waals surface area contributed by atoms with E-state index in [1.165, 1.54) is 5.57 Å². The van der Waals surface area contributed by atoms with Crippen molar-refractivity contribution >= 4 is 6.09 Å². The first-order valence-corrected chi connectivity index (χ1v) is 8.61. The number of carbonyl (C=O) groups excluding carboxylic acids is 1. The molecule has 2 aliphatic carbocycles. The van der Waals surface area contributed by atoms with Crippen molar-refractivity contribution in [1.29, 1.82) is 0 Å². The molecule has 126 valence electrons. The van der Waals surface area contributed by atoms with Crippen molar-refractivity contribution in [2.45, 2.75) is 58.6 Å². The lowest BCUT2D eigenvalue weighted by atomic mass is 9.77. The predicted octanol–water partition coefficient (Wildman–Crippen LogP) is 4.92. The van der Waals surface area contributed by atoms with Crippen molar-refractivity contribution < 1.29 is 9.53 Å². The van der Waals surface area contributed by atoms with E-state index in [-0.39, 0.29) is 12.1 Å². The third-order valence-corrected chi connectivity index (χ3v) is 4.09. The second-order valence-electron chi connectivity index (χ2n) is 7.34. The molecule has 0 heterocycles. The number of hydrogen-bond acceptors (Lipinski definition) is 2. The van der Waals surface area contributed by atoms with E-state index in [0.29, 0.717) is 11.8 Å².